The number of hydrogen-bond donors (Lipinski definition) is 3. The molecule has 0 atom stereocenters. The lowest BCUT2D eigenvalue weighted by atomic mass is 10.1. The van der Waals surface area contributed by atoms with E-state index in [9.17, 15) is 19.8 Å². The molecule has 1 heterocycles. The van der Waals surface area contributed by atoms with Gasteiger partial charge in [0.05, 0.1) is 11.0 Å². The van der Waals surface area contributed by atoms with Gasteiger partial charge in [-0.3, -0.25) is 14.2 Å². The van der Waals surface area contributed by atoms with E-state index in [1.165, 1.54) is 30.3 Å². The maximum Gasteiger partial charge on any atom is 0.323 e. The molecule has 3 N–H and O–H groups in total. The Balaban J connectivity index is 2.38. The third-order valence-corrected chi connectivity index (χ3v) is 3.67. The van der Waals surface area contributed by atoms with E-state index in [1.807, 2.05) is 0 Å². The molecule has 3 rings (SSSR count). The number of carboxylic acid groups (broad SMARTS) is 1. The number of aromatic nitrogens is 2. The molecule has 0 saturated carbocycles. The number of aliphatic carboxylic acids is 1. The second kappa shape index (κ2) is 5.86. The molecule has 1 aromatic heterocycles. The molecule has 0 amide bonds. The summed E-state index contributed by atoms with van der Waals surface area (Å²) >= 11 is 5.94. The molecule has 0 unspecified atom stereocenters. The van der Waals surface area contributed by atoms with Crippen LogP contribution in [0.5, 0.6) is 11.5 Å². The van der Waals surface area contributed by atoms with Crippen molar-refractivity contribution in [2.24, 2.45) is 0 Å². The normalized spacial score (nSPS) is 10.9. The number of carboxylic acids is 1. The summed E-state index contributed by atoms with van der Waals surface area (Å²) in [6.07, 6.45) is 0. The first-order valence-corrected chi connectivity index (χ1v) is 7.19. The fourth-order valence-electron chi connectivity index (χ4n) is 2.41. The van der Waals surface area contributed by atoms with Crippen LogP contribution >= 0.6 is 11.6 Å². The van der Waals surface area contributed by atoms with E-state index in [4.69, 9.17) is 16.7 Å². The highest BCUT2D eigenvalue weighted by Crippen LogP contribution is 2.30. The Hall–Kier alpha value is -3.06. The van der Waals surface area contributed by atoms with Crippen molar-refractivity contribution in [3.05, 3.63) is 51.8 Å². The zero-order valence-corrected chi connectivity index (χ0v) is 12.9. The molecular formula is C16H11ClN2O5. The highest BCUT2D eigenvalue weighted by molar-refractivity contribution is 6.31. The van der Waals surface area contributed by atoms with Gasteiger partial charge in [0, 0.05) is 16.7 Å². The van der Waals surface area contributed by atoms with Crippen LogP contribution in [0.3, 0.4) is 0 Å². The van der Waals surface area contributed by atoms with E-state index in [2.05, 4.69) is 4.98 Å². The number of rotatable bonds is 3. The van der Waals surface area contributed by atoms with E-state index in [0.717, 1.165) is 10.6 Å². The van der Waals surface area contributed by atoms with Gasteiger partial charge in [-0.1, -0.05) is 11.6 Å². The first-order chi connectivity index (χ1) is 11.4. The average molecular weight is 347 g/mol. The third kappa shape index (κ3) is 2.77. The number of benzene rings is 2. The van der Waals surface area contributed by atoms with E-state index < -0.39 is 18.1 Å². The predicted octanol–water partition coefficient (Wildman–Crippen LogP) is 2.21. The quantitative estimate of drug-likeness (QED) is 0.670. The lowest BCUT2D eigenvalue weighted by Gasteiger charge is -2.11. The van der Waals surface area contributed by atoms with Crippen LogP contribution < -0.4 is 5.56 Å². The van der Waals surface area contributed by atoms with Gasteiger partial charge < -0.3 is 15.3 Å². The fraction of sp³-hybridized carbons (Fsp3) is 0.0625. The molecule has 0 fully saturated rings. The Morgan fingerprint density at radius 1 is 1.17 bits per heavy atom. The van der Waals surface area contributed by atoms with Gasteiger partial charge in [-0.15, -0.1) is 0 Å². The number of phenols is 2. The molecule has 0 aliphatic rings. The van der Waals surface area contributed by atoms with E-state index >= 15 is 0 Å². The van der Waals surface area contributed by atoms with Crippen molar-refractivity contribution < 1.29 is 20.1 Å². The maximum atomic E-state index is 12.7. The SMILES string of the molecule is O=C(O)Cn1c(=O)c(-c2ccc(O)cc2O)nc2cc(Cl)ccc21. The standard InChI is InChI=1S/C16H11ClN2O5/c17-8-1-4-12-11(5-8)18-15(16(24)19(12)7-14(22)23)10-3-2-9(20)6-13(10)21/h1-6,20-21H,7H2,(H,22,23). The van der Waals surface area contributed by atoms with Crippen molar-refractivity contribution in [1.82, 2.24) is 9.55 Å². The number of nitrogens with zero attached hydrogens (tertiary/aromatic N) is 2. The molecule has 0 saturated heterocycles. The molecule has 0 spiro atoms. The van der Waals surface area contributed by atoms with Crippen molar-refractivity contribution in [3.63, 3.8) is 0 Å². The molecule has 122 valence electrons. The molecule has 2 aromatic carbocycles. The smallest absolute Gasteiger partial charge is 0.323 e. The molecule has 3 aromatic rings. The Morgan fingerprint density at radius 2 is 1.92 bits per heavy atom. The van der Waals surface area contributed by atoms with Crippen LogP contribution in [0, 0.1) is 0 Å². The van der Waals surface area contributed by atoms with Crippen LogP contribution in [0.2, 0.25) is 5.02 Å². The molecular weight excluding hydrogens is 336 g/mol. The van der Waals surface area contributed by atoms with Crippen molar-refractivity contribution in [2.45, 2.75) is 6.54 Å². The summed E-state index contributed by atoms with van der Waals surface area (Å²) in [6.45, 7) is -0.564. The van der Waals surface area contributed by atoms with Gasteiger partial charge >= 0.3 is 5.97 Å². The molecule has 24 heavy (non-hydrogen) atoms. The molecule has 0 aliphatic heterocycles. The van der Waals surface area contributed by atoms with Crippen LogP contribution in [0.1, 0.15) is 0 Å². The second-order valence-corrected chi connectivity index (χ2v) is 5.52. The third-order valence-electron chi connectivity index (χ3n) is 3.44. The lowest BCUT2D eigenvalue weighted by molar-refractivity contribution is -0.137. The minimum Gasteiger partial charge on any atom is -0.508 e. The first kappa shape index (κ1) is 15.8. The van der Waals surface area contributed by atoms with Crippen molar-refractivity contribution in [2.75, 3.05) is 0 Å². The minimum absolute atomic E-state index is 0.0822. The van der Waals surface area contributed by atoms with E-state index in [-0.39, 0.29) is 22.8 Å². The van der Waals surface area contributed by atoms with Gasteiger partial charge in [-0.05, 0) is 30.3 Å². The van der Waals surface area contributed by atoms with Crippen molar-refractivity contribution in [1.29, 1.82) is 0 Å². The Kier molecular flexibility index (Phi) is 3.86. The van der Waals surface area contributed by atoms with Crippen molar-refractivity contribution in [3.8, 4) is 22.8 Å². The number of hydrogen-bond acceptors (Lipinski definition) is 5. The Morgan fingerprint density at radius 3 is 2.58 bits per heavy atom. The van der Waals surface area contributed by atoms with Crippen LogP contribution in [-0.4, -0.2) is 30.8 Å². The van der Waals surface area contributed by atoms with Crippen LogP contribution in [-0.2, 0) is 11.3 Å². The minimum atomic E-state index is -1.19. The topological polar surface area (TPSA) is 113 Å². The summed E-state index contributed by atoms with van der Waals surface area (Å²) < 4.78 is 1.04. The zero-order valence-electron chi connectivity index (χ0n) is 12.1. The number of aromatic hydroxyl groups is 2. The number of phenolic OH excluding ortho intramolecular Hbond substituents is 2. The maximum absolute atomic E-state index is 12.7. The second-order valence-electron chi connectivity index (χ2n) is 5.08. The van der Waals surface area contributed by atoms with Crippen molar-refractivity contribution >= 4 is 28.6 Å². The molecule has 0 aliphatic carbocycles. The summed E-state index contributed by atoms with van der Waals surface area (Å²) in [5.74, 6) is -1.71. The van der Waals surface area contributed by atoms with Crippen LogP contribution in [0.4, 0.5) is 0 Å². The van der Waals surface area contributed by atoms with Gasteiger partial charge in [-0.2, -0.15) is 0 Å². The van der Waals surface area contributed by atoms with Gasteiger partial charge in [0.15, 0.2) is 0 Å². The van der Waals surface area contributed by atoms with Gasteiger partial charge in [0.25, 0.3) is 5.56 Å². The first-order valence-electron chi connectivity index (χ1n) is 6.81. The number of fused-ring (bicyclic) bond motifs is 1. The van der Waals surface area contributed by atoms with Crippen LogP contribution in [0.25, 0.3) is 22.3 Å². The summed E-state index contributed by atoms with van der Waals surface area (Å²) in [4.78, 5) is 28.0. The number of halogens is 1. The molecule has 8 heteroatoms. The highest BCUT2D eigenvalue weighted by Gasteiger charge is 2.17. The number of carbonyl (C=O) groups is 1. The summed E-state index contributed by atoms with van der Waals surface area (Å²) in [6, 6.07) is 8.22. The van der Waals surface area contributed by atoms with Crippen LogP contribution in [0.15, 0.2) is 41.2 Å². The molecule has 7 nitrogen and oxygen atoms in total. The predicted molar refractivity (Wildman–Crippen MR) is 87.4 cm³/mol. The van der Waals surface area contributed by atoms with E-state index in [1.54, 1.807) is 0 Å². The van der Waals surface area contributed by atoms with Gasteiger partial charge in [0.2, 0.25) is 0 Å². The lowest BCUT2D eigenvalue weighted by Crippen LogP contribution is -2.27. The zero-order chi connectivity index (χ0) is 17.4. The summed E-state index contributed by atoms with van der Waals surface area (Å²) in [5.41, 5.74) is -0.102. The average Bonchev–Trinajstić information content (AvgIpc) is 2.50. The highest BCUT2D eigenvalue weighted by atomic mass is 35.5. The summed E-state index contributed by atoms with van der Waals surface area (Å²) in [7, 11) is 0. The molecule has 0 radical (unpaired) electrons. The largest absolute Gasteiger partial charge is 0.508 e. The Bertz CT molecular complexity index is 1030. The fourth-order valence-corrected chi connectivity index (χ4v) is 2.57. The molecule has 0 bridgehead atoms. The Labute approximate surface area is 140 Å². The van der Waals surface area contributed by atoms with Gasteiger partial charge in [0.1, 0.15) is 23.7 Å². The monoisotopic (exact) mass is 346 g/mol. The summed E-state index contributed by atoms with van der Waals surface area (Å²) in [5, 5.41) is 28.8. The van der Waals surface area contributed by atoms with Gasteiger partial charge in [-0.25, -0.2) is 4.98 Å². The van der Waals surface area contributed by atoms with E-state index in [0.29, 0.717) is 16.1 Å².